The number of hydrogen-bond donors (Lipinski definition) is 2. The van der Waals surface area contributed by atoms with Gasteiger partial charge in [-0.3, -0.25) is 9.48 Å². The minimum Gasteiger partial charge on any atom is -0.467 e. The van der Waals surface area contributed by atoms with Crippen LogP contribution in [0.15, 0.2) is 41.3 Å². The van der Waals surface area contributed by atoms with E-state index in [9.17, 15) is 9.59 Å². The molecular weight excluding hydrogens is 436 g/mol. The van der Waals surface area contributed by atoms with E-state index in [2.05, 4.69) is 25.7 Å². The first-order valence-corrected chi connectivity index (χ1v) is 10.2. The molecule has 2 N–H and O–H groups in total. The number of rotatable bonds is 7. The van der Waals surface area contributed by atoms with Gasteiger partial charge in [-0.25, -0.2) is 14.8 Å². The normalized spacial score (nSPS) is 11.8. The second-order valence-electron chi connectivity index (χ2n) is 8.48. The van der Waals surface area contributed by atoms with Gasteiger partial charge in [0.2, 0.25) is 5.95 Å². The Labute approximate surface area is 190 Å². The van der Waals surface area contributed by atoms with Crippen molar-refractivity contribution < 1.29 is 18.7 Å². The number of esters is 1. The molecule has 3 aromatic rings. The summed E-state index contributed by atoms with van der Waals surface area (Å²) < 4.78 is 12.1. The highest BCUT2D eigenvalue weighted by atomic mass is 35.5. The van der Waals surface area contributed by atoms with Crippen LogP contribution in [0.1, 0.15) is 50.9 Å². The molecule has 0 unspecified atom stereocenters. The Balaban J connectivity index is 1.70. The lowest BCUT2D eigenvalue weighted by Gasteiger charge is -2.28. The standard InChI is InChI=1S/C21H25ClN6O4/c1-20(2,3)32-18(30)21(4,5)28-9-8-15(27-28)25-17(29)16-14(22)12-24-19(26-16)23-11-13-7-6-10-31-13/h6-10,12H,11H2,1-5H3,(H,23,24,26)(H,25,27,29). The van der Waals surface area contributed by atoms with Crippen LogP contribution < -0.4 is 10.6 Å². The van der Waals surface area contributed by atoms with Crippen molar-refractivity contribution in [3.63, 3.8) is 0 Å². The zero-order chi connectivity index (χ0) is 23.5. The molecule has 0 aliphatic carbocycles. The zero-order valence-electron chi connectivity index (χ0n) is 18.5. The molecule has 3 heterocycles. The third-order valence-electron chi connectivity index (χ3n) is 4.26. The summed E-state index contributed by atoms with van der Waals surface area (Å²) in [6.45, 7) is 9.08. The minimum absolute atomic E-state index is 0.0236. The summed E-state index contributed by atoms with van der Waals surface area (Å²) in [5.74, 6) is 0.113. The number of carbonyl (C=O) groups excluding carboxylic acids is 2. The third-order valence-corrected chi connectivity index (χ3v) is 4.54. The molecule has 1 amide bonds. The van der Waals surface area contributed by atoms with Crippen molar-refractivity contribution in [1.82, 2.24) is 19.7 Å². The monoisotopic (exact) mass is 460 g/mol. The summed E-state index contributed by atoms with van der Waals surface area (Å²) in [5, 5.41) is 9.97. The van der Waals surface area contributed by atoms with E-state index < -0.39 is 23.0 Å². The molecule has 0 bridgehead atoms. The summed E-state index contributed by atoms with van der Waals surface area (Å²) in [5.41, 5.74) is -1.74. The van der Waals surface area contributed by atoms with Gasteiger partial charge in [-0.2, -0.15) is 5.10 Å². The van der Waals surface area contributed by atoms with Crippen molar-refractivity contribution in [1.29, 1.82) is 0 Å². The molecule has 0 fully saturated rings. The molecule has 11 heteroatoms. The maximum absolute atomic E-state index is 12.7. The average molecular weight is 461 g/mol. The smallest absolute Gasteiger partial charge is 0.334 e. The summed E-state index contributed by atoms with van der Waals surface area (Å²) in [6, 6.07) is 5.13. The second-order valence-corrected chi connectivity index (χ2v) is 8.89. The zero-order valence-corrected chi connectivity index (χ0v) is 19.2. The van der Waals surface area contributed by atoms with Gasteiger partial charge < -0.3 is 19.8 Å². The Morgan fingerprint density at radius 3 is 2.62 bits per heavy atom. The van der Waals surface area contributed by atoms with Crippen LogP contribution in [0.5, 0.6) is 0 Å². The average Bonchev–Trinajstić information content (AvgIpc) is 3.38. The Morgan fingerprint density at radius 1 is 1.22 bits per heavy atom. The molecule has 170 valence electrons. The van der Waals surface area contributed by atoms with Crippen molar-refractivity contribution in [2.75, 3.05) is 10.6 Å². The Kier molecular flexibility index (Phi) is 6.54. The summed E-state index contributed by atoms with van der Waals surface area (Å²) >= 11 is 6.12. The summed E-state index contributed by atoms with van der Waals surface area (Å²) in [4.78, 5) is 33.5. The fraction of sp³-hybridized carbons (Fsp3) is 0.381. The lowest BCUT2D eigenvalue weighted by Crippen LogP contribution is -2.41. The van der Waals surface area contributed by atoms with Crippen molar-refractivity contribution in [3.05, 3.63) is 53.3 Å². The highest BCUT2D eigenvalue weighted by molar-refractivity contribution is 6.33. The van der Waals surface area contributed by atoms with Crippen LogP contribution in [-0.2, 0) is 21.6 Å². The highest BCUT2D eigenvalue weighted by Crippen LogP contribution is 2.22. The fourth-order valence-corrected chi connectivity index (χ4v) is 2.74. The van der Waals surface area contributed by atoms with Gasteiger partial charge in [0, 0.05) is 12.3 Å². The number of furan rings is 1. The second kappa shape index (κ2) is 8.99. The predicted molar refractivity (Wildman–Crippen MR) is 118 cm³/mol. The maximum Gasteiger partial charge on any atom is 0.334 e. The van der Waals surface area contributed by atoms with E-state index in [1.165, 1.54) is 10.9 Å². The topological polar surface area (TPSA) is 124 Å². The first-order chi connectivity index (χ1) is 15.0. The van der Waals surface area contributed by atoms with E-state index in [1.807, 2.05) is 0 Å². The minimum atomic E-state index is -1.08. The molecular formula is C21H25ClN6O4. The number of anilines is 2. The lowest BCUT2D eigenvalue weighted by atomic mass is 10.1. The van der Waals surface area contributed by atoms with E-state index in [0.717, 1.165) is 0 Å². The lowest BCUT2D eigenvalue weighted by molar-refractivity contribution is -0.164. The molecule has 0 atom stereocenters. The number of amides is 1. The molecule has 10 nitrogen and oxygen atoms in total. The summed E-state index contributed by atoms with van der Waals surface area (Å²) in [6.07, 6.45) is 4.47. The van der Waals surface area contributed by atoms with E-state index in [4.69, 9.17) is 20.8 Å². The Morgan fingerprint density at radius 2 is 1.97 bits per heavy atom. The van der Waals surface area contributed by atoms with Crippen LogP contribution >= 0.6 is 11.6 Å². The van der Waals surface area contributed by atoms with Gasteiger partial charge in [-0.05, 0) is 46.8 Å². The number of ether oxygens (including phenoxy) is 1. The van der Waals surface area contributed by atoms with Crippen LogP contribution in [0.3, 0.4) is 0 Å². The number of halogens is 1. The van der Waals surface area contributed by atoms with E-state index in [0.29, 0.717) is 12.3 Å². The Bertz CT molecular complexity index is 1100. The Hall–Kier alpha value is -3.40. The van der Waals surface area contributed by atoms with Crippen molar-refractivity contribution in [3.8, 4) is 0 Å². The molecule has 0 saturated carbocycles. The highest BCUT2D eigenvalue weighted by Gasteiger charge is 2.35. The van der Waals surface area contributed by atoms with Gasteiger partial charge in [0.25, 0.3) is 5.91 Å². The molecule has 0 aromatic carbocycles. The van der Waals surface area contributed by atoms with Crippen LogP contribution in [0.2, 0.25) is 5.02 Å². The number of hydrogen-bond acceptors (Lipinski definition) is 8. The number of nitrogens with one attached hydrogen (secondary N) is 2. The van der Waals surface area contributed by atoms with Crippen molar-refractivity contribution >= 4 is 35.2 Å². The van der Waals surface area contributed by atoms with Gasteiger partial charge >= 0.3 is 5.97 Å². The fourth-order valence-electron chi connectivity index (χ4n) is 2.56. The van der Waals surface area contributed by atoms with Gasteiger partial charge in [-0.15, -0.1) is 0 Å². The van der Waals surface area contributed by atoms with Crippen LogP contribution in [0.4, 0.5) is 11.8 Å². The van der Waals surface area contributed by atoms with Crippen LogP contribution in [0, 0.1) is 0 Å². The molecule has 32 heavy (non-hydrogen) atoms. The van der Waals surface area contributed by atoms with Gasteiger partial charge in [0.05, 0.1) is 24.0 Å². The van der Waals surface area contributed by atoms with Gasteiger partial charge in [0.15, 0.2) is 17.1 Å². The van der Waals surface area contributed by atoms with E-state index >= 15 is 0 Å². The van der Waals surface area contributed by atoms with E-state index in [1.54, 1.807) is 65.3 Å². The molecule has 3 rings (SSSR count). The van der Waals surface area contributed by atoms with Gasteiger partial charge in [0.1, 0.15) is 11.4 Å². The number of aromatic nitrogens is 4. The molecule has 0 aliphatic heterocycles. The maximum atomic E-state index is 12.7. The van der Waals surface area contributed by atoms with Crippen LogP contribution in [-0.4, -0.2) is 37.2 Å². The quantitative estimate of drug-likeness (QED) is 0.509. The molecule has 0 radical (unpaired) electrons. The molecule has 0 saturated heterocycles. The third kappa shape index (κ3) is 5.64. The molecule has 0 aliphatic rings. The first-order valence-electron chi connectivity index (χ1n) is 9.85. The summed E-state index contributed by atoms with van der Waals surface area (Å²) in [7, 11) is 0. The molecule has 3 aromatic heterocycles. The number of nitrogens with zero attached hydrogens (tertiary/aromatic N) is 4. The molecule has 0 spiro atoms. The predicted octanol–water partition coefficient (Wildman–Crippen LogP) is 3.86. The van der Waals surface area contributed by atoms with Crippen molar-refractivity contribution in [2.45, 2.75) is 52.3 Å². The van der Waals surface area contributed by atoms with E-state index in [-0.39, 0.29) is 22.5 Å². The SMILES string of the molecule is CC(C)(C)OC(=O)C(C)(C)n1ccc(NC(=O)c2nc(NCc3ccco3)ncc2Cl)n1. The first kappa shape index (κ1) is 23.3. The van der Waals surface area contributed by atoms with Crippen molar-refractivity contribution in [2.24, 2.45) is 0 Å². The van der Waals surface area contributed by atoms with Crippen LogP contribution in [0.25, 0.3) is 0 Å². The largest absolute Gasteiger partial charge is 0.467 e. The number of carbonyl (C=O) groups is 2. The van der Waals surface area contributed by atoms with Gasteiger partial charge in [-0.1, -0.05) is 11.6 Å².